The number of aliphatic carboxylic acids is 2. The number of rotatable bonds is 3. The Bertz CT molecular complexity index is 638. The first kappa shape index (κ1) is 17.0. The molecule has 0 saturated carbocycles. The molecule has 0 radical (unpaired) electrons. The molecule has 0 spiro atoms. The van der Waals surface area contributed by atoms with Crippen LogP contribution in [-0.4, -0.2) is 38.9 Å². The molecule has 0 bridgehead atoms. The molecule has 7 nitrogen and oxygen atoms in total. The number of hydrogen-bond acceptors (Lipinski definition) is 4. The molecule has 0 atom stereocenters. The van der Waals surface area contributed by atoms with E-state index in [0.717, 1.165) is 11.4 Å². The van der Waals surface area contributed by atoms with Gasteiger partial charge in [-0.05, 0) is 37.3 Å². The molecule has 0 aliphatic rings. The van der Waals surface area contributed by atoms with Crippen molar-refractivity contribution in [1.29, 1.82) is 0 Å². The topological polar surface area (TPSA) is 95.7 Å². The second-order valence-electron chi connectivity index (χ2n) is 4.12. The Morgan fingerprint density at radius 2 is 1.77 bits per heavy atom. The predicted octanol–water partition coefficient (Wildman–Crippen LogP) is 1.97. The summed E-state index contributed by atoms with van der Waals surface area (Å²) in [6.45, 7) is 2.02. The summed E-state index contributed by atoms with van der Waals surface area (Å²) in [5, 5.41) is 16.9. The third kappa shape index (κ3) is 4.78. The fraction of sp³-hybridized carbons (Fsp3) is 0.133. The highest BCUT2D eigenvalue weighted by Gasteiger charge is 2.04. The SMILES string of the molecule is CC=Cc1cccn1N(C)c1ccncc1.O=C(O)C(=O)O. The van der Waals surface area contributed by atoms with Crippen molar-refractivity contribution in [2.24, 2.45) is 0 Å². The first-order valence-corrected chi connectivity index (χ1v) is 6.37. The van der Waals surface area contributed by atoms with Crippen molar-refractivity contribution < 1.29 is 19.8 Å². The van der Waals surface area contributed by atoms with Gasteiger partial charge in [0.25, 0.3) is 0 Å². The molecule has 2 N–H and O–H groups in total. The van der Waals surface area contributed by atoms with Gasteiger partial charge in [-0.2, -0.15) is 0 Å². The molecular formula is C15H17N3O4. The van der Waals surface area contributed by atoms with E-state index in [2.05, 4.69) is 26.8 Å². The second kappa shape index (κ2) is 8.25. The summed E-state index contributed by atoms with van der Waals surface area (Å²) < 4.78 is 2.09. The lowest BCUT2D eigenvalue weighted by Crippen LogP contribution is -2.24. The number of carbonyl (C=O) groups is 2. The smallest absolute Gasteiger partial charge is 0.414 e. The minimum absolute atomic E-state index is 1.11. The molecule has 2 rings (SSSR count). The zero-order valence-corrected chi connectivity index (χ0v) is 12.2. The maximum Gasteiger partial charge on any atom is 0.414 e. The average Bonchev–Trinajstić information content (AvgIpc) is 2.96. The Labute approximate surface area is 127 Å². The second-order valence-corrected chi connectivity index (χ2v) is 4.12. The molecule has 22 heavy (non-hydrogen) atoms. The predicted molar refractivity (Wildman–Crippen MR) is 82.4 cm³/mol. The molecule has 2 aromatic heterocycles. The molecular weight excluding hydrogens is 286 g/mol. The van der Waals surface area contributed by atoms with Crippen LogP contribution in [0.5, 0.6) is 0 Å². The number of aromatic nitrogens is 2. The van der Waals surface area contributed by atoms with Gasteiger partial charge in [-0.25, -0.2) is 9.59 Å². The maximum absolute atomic E-state index is 9.10. The summed E-state index contributed by atoms with van der Waals surface area (Å²) in [7, 11) is 2.03. The number of allylic oxidation sites excluding steroid dienone is 1. The summed E-state index contributed by atoms with van der Waals surface area (Å²) in [5.74, 6) is -3.65. The summed E-state index contributed by atoms with van der Waals surface area (Å²) in [4.78, 5) is 22.2. The summed E-state index contributed by atoms with van der Waals surface area (Å²) in [6.07, 6.45) is 9.75. The van der Waals surface area contributed by atoms with Crippen molar-refractivity contribution in [2.45, 2.75) is 6.92 Å². The molecule has 0 aliphatic heterocycles. The Balaban J connectivity index is 0.000000346. The van der Waals surface area contributed by atoms with E-state index in [1.165, 1.54) is 0 Å². The molecule has 7 heteroatoms. The van der Waals surface area contributed by atoms with E-state index in [1.807, 2.05) is 44.4 Å². The molecule has 0 aliphatic carbocycles. The quantitative estimate of drug-likeness (QED) is 0.842. The molecule has 0 aromatic carbocycles. The summed E-state index contributed by atoms with van der Waals surface area (Å²) in [6, 6.07) is 8.09. The summed E-state index contributed by atoms with van der Waals surface area (Å²) >= 11 is 0. The van der Waals surface area contributed by atoms with Crippen LogP contribution in [0.1, 0.15) is 12.6 Å². The summed E-state index contributed by atoms with van der Waals surface area (Å²) in [5.41, 5.74) is 2.26. The van der Waals surface area contributed by atoms with E-state index in [1.54, 1.807) is 12.4 Å². The highest BCUT2D eigenvalue weighted by atomic mass is 16.4. The molecule has 0 unspecified atom stereocenters. The Morgan fingerprint density at radius 3 is 2.27 bits per heavy atom. The molecule has 0 saturated heterocycles. The number of carboxylic acids is 2. The molecule has 2 heterocycles. The number of hydrogen-bond donors (Lipinski definition) is 2. The molecule has 116 valence electrons. The highest BCUT2D eigenvalue weighted by molar-refractivity contribution is 6.27. The molecule has 0 amide bonds. The van der Waals surface area contributed by atoms with Gasteiger partial charge in [-0.3, -0.25) is 14.7 Å². The highest BCUT2D eigenvalue weighted by Crippen LogP contribution is 2.14. The molecule has 0 fully saturated rings. The molecule has 2 aromatic rings. The van der Waals surface area contributed by atoms with Crippen LogP contribution in [0.2, 0.25) is 0 Å². The lowest BCUT2D eigenvalue weighted by atomic mass is 10.4. The minimum Gasteiger partial charge on any atom is -0.473 e. The van der Waals surface area contributed by atoms with Crippen LogP contribution in [0.25, 0.3) is 6.08 Å². The van der Waals surface area contributed by atoms with E-state index in [9.17, 15) is 0 Å². The standard InChI is InChI=1S/C13H15N3.C2H2O4/c1-3-5-13-6-4-11-16(13)15(2)12-7-9-14-10-8-12;3-1(4)2(5)6/h3-11H,1-2H3;(H,3,4)(H,5,6). The minimum atomic E-state index is -1.82. The van der Waals surface area contributed by atoms with Gasteiger partial charge in [0, 0.05) is 25.6 Å². The van der Waals surface area contributed by atoms with Gasteiger partial charge in [-0.15, -0.1) is 0 Å². The third-order valence-corrected chi connectivity index (χ3v) is 2.64. The van der Waals surface area contributed by atoms with Crippen LogP contribution in [0, 0.1) is 0 Å². The van der Waals surface area contributed by atoms with Crippen LogP contribution in [0.15, 0.2) is 48.9 Å². The Morgan fingerprint density at radius 1 is 1.18 bits per heavy atom. The largest absolute Gasteiger partial charge is 0.473 e. The van der Waals surface area contributed by atoms with Crippen LogP contribution in [0.3, 0.4) is 0 Å². The van der Waals surface area contributed by atoms with E-state index in [4.69, 9.17) is 19.8 Å². The van der Waals surface area contributed by atoms with Gasteiger partial charge in [0.1, 0.15) is 0 Å². The van der Waals surface area contributed by atoms with E-state index in [0.29, 0.717) is 0 Å². The van der Waals surface area contributed by atoms with E-state index in [-0.39, 0.29) is 0 Å². The van der Waals surface area contributed by atoms with Crippen LogP contribution < -0.4 is 5.01 Å². The first-order valence-electron chi connectivity index (χ1n) is 6.37. The van der Waals surface area contributed by atoms with E-state index >= 15 is 0 Å². The Hall–Kier alpha value is -3.09. The van der Waals surface area contributed by atoms with Crippen molar-refractivity contribution in [1.82, 2.24) is 9.66 Å². The van der Waals surface area contributed by atoms with Gasteiger partial charge in [0.05, 0.1) is 11.4 Å². The van der Waals surface area contributed by atoms with Crippen molar-refractivity contribution in [2.75, 3.05) is 12.1 Å². The van der Waals surface area contributed by atoms with Gasteiger partial charge < -0.3 is 10.2 Å². The van der Waals surface area contributed by atoms with Crippen LogP contribution >= 0.6 is 0 Å². The van der Waals surface area contributed by atoms with Crippen molar-refractivity contribution >= 4 is 23.7 Å². The zero-order chi connectivity index (χ0) is 16.5. The zero-order valence-electron chi connectivity index (χ0n) is 12.2. The van der Waals surface area contributed by atoms with Crippen LogP contribution in [0.4, 0.5) is 5.69 Å². The van der Waals surface area contributed by atoms with Crippen LogP contribution in [-0.2, 0) is 9.59 Å². The number of anilines is 1. The Kier molecular flexibility index (Phi) is 6.36. The fourth-order valence-electron chi connectivity index (χ4n) is 1.65. The van der Waals surface area contributed by atoms with Gasteiger partial charge >= 0.3 is 11.9 Å². The average molecular weight is 303 g/mol. The van der Waals surface area contributed by atoms with Crippen molar-refractivity contribution in [3.05, 3.63) is 54.6 Å². The van der Waals surface area contributed by atoms with Gasteiger partial charge in [-0.1, -0.05) is 6.08 Å². The van der Waals surface area contributed by atoms with Crippen molar-refractivity contribution in [3.8, 4) is 0 Å². The van der Waals surface area contributed by atoms with Crippen molar-refractivity contribution in [3.63, 3.8) is 0 Å². The lowest BCUT2D eigenvalue weighted by Gasteiger charge is -2.22. The number of nitrogens with zero attached hydrogens (tertiary/aromatic N) is 3. The number of carboxylic acid groups (broad SMARTS) is 2. The maximum atomic E-state index is 9.10. The normalized spacial score (nSPS) is 9.91. The van der Waals surface area contributed by atoms with Gasteiger partial charge in [0.15, 0.2) is 0 Å². The van der Waals surface area contributed by atoms with Gasteiger partial charge in [0.2, 0.25) is 0 Å². The monoisotopic (exact) mass is 303 g/mol. The third-order valence-electron chi connectivity index (χ3n) is 2.64. The lowest BCUT2D eigenvalue weighted by molar-refractivity contribution is -0.159. The number of pyridine rings is 1. The first-order chi connectivity index (χ1) is 10.5. The fourth-order valence-corrected chi connectivity index (χ4v) is 1.65. The van der Waals surface area contributed by atoms with E-state index < -0.39 is 11.9 Å².